The van der Waals surface area contributed by atoms with Gasteiger partial charge < -0.3 is 19.5 Å². The summed E-state index contributed by atoms with van der Waals surface area (Å²) >= 11 is 0. The van der Waals surface area contributed by atoms with Crippen LogP contribution in [0.2, 0.25) is 0 Å². The maximum absolute atomic E-state index is 11.0. The predicted octanol–water partition coefficient (Wildman–Crippen LogP) is 3.05. The lowest BCUT2D eigenvalue weighted by atomic mass is 10.0. The zero-order valence-electron chi connectivity index (χ0n) is 13.9. The minimum Gasteiger partial charge on any atom is -0.526 e. The van der Waals surface area contributed by atoms with Crippen LogP contribution >= 0.6 is 0 Å². The van der Waals surface area contributed by atoms with Crippen molar-refractivity contribution >= 4 is 19.6 Å². The van der Waals surface area contributed by atoms with Gasteiger partial charge in [-0.1, -0.05) is 24.3 Å². The molecule has 25 heavy (non-hydrogen) atoms. The molecule has 0 fully saturated rings. The predicted molar refractivity (Wildman–Crippen MR) is 92.0 cm³/mol. The zero-order chi connectivity index (χ0) is 18.4. The van der Waals surface area contributed by atoms with Gasteiger partial charge in [0.15, 0.2) is 0 Å². The summed E-state index contributed by atoms with van der Waals surface area (Å²) < 4.78 is 10.7. The molecule has 0 aliphatic heterocycles. The number of hydrogen-bond donors (Lipinski definition) is 2. The average molecular weight is 341 g/mol. The van der Waals surface area contributed by atoms with Crippen molar-refractivity contribution < 1.29 is 29.1 Å². The van der Waals surface area contributed by atoms with Crippen molar-refractivity contribution in [2.24, 2.45) is 0 Å². The van der Waals surface area contributed by atoms with E-state index in [4.69, 9.17) is 19.5 Å². The van der Waals surface area contributed by atoms with Crippen LogP contribution in [0.4, 0.5) is 0 Å². The maximum Gasteiger partial charge on any atom is 0.658 e. The Bertz CT molecular complexity index is 697. The second kappa shape index (κ2) is 8.23. The molecule has 6 nitrogen and oxygen atoms in total. The number of carboxylic acids is 2. The summed E-state index contributed by atoms with van der Waals surface area (Å²) in [6.45, 7) is 3.19. The van der Waals surface area contributed by atoms with Crippen molar-refractivity contribution in [3.63, 3.8) is 0 Å². The SMILES string of the molecule is CC(C(=O)O)c1cccc(O[B]Oc2cccc(C(C)C(=O)O)c2)c1. The third-order valence-electron chi connectivity index (χ3n) is 3.83. The molecule has 0 bridgehead atoms. The van der Waals surface area contributed by atoms with Crippen LogP contribution in [0.1, 0.15) is 36.8 Å². The highest BCUT2D eigenvalue weighted by atomic mass is 16.6. The third-order valence-corrected chi connectivity index (χ3v) is 3.83. The molecule has 0 saturated carbocycles. The molecule has 2 aromatic carbocycles. The monoisotopic (exact) mass is 341 g/mol. The number of hydrogen-bond acceptors (Lipinski definition) is 4. The summed E-state index contributed by atoms with van der Waals surface area (Å²) in [6.07, 6.45) is 0. The largest absolute Gasteiger partial charge is 0.658 e. The molecule has 2 atom stereocenters. The Labute approximate surface area is 146 Å². The molecule has 129 valence electrons. The number of benzene rings is 2. The first-order valence-corrected chi connectivity index (χ1v) is 7.69. The average Bonchev–Trinajstić information content (AvgIpc) is 2.60. The normalized spacial score (nSPS) is 12.7. The smallest absolute Gasteiger partial charge is 0.526 e. The molecule has 1 radical (unpaired) electrons. The van der Waals surface area contributed by atoms with E-state index in [1.807, 2.05) is 0 Å². The second-order valence-corrected chi connectivity index (χ2v) is 5.60. The lowest BCUT2D eigenvalue weighted by molar-refractivity contribution is -0.139. The molecule has 0 aliphatic carbocycles. The van der Waals surface area contributed by atoms with E-state index in [2.05, 4.69) is 0 Å². The molecule has 0 spiro atoms. The molecule has 0 saturated heterocycles. The van der Waals surface area contributed by atoms with Gasteiger partial charge in [0.25, 0.3) is 0 Å². The third kappa shape index (κ3) is 5.01. The molecule has 0 aliphatic rings. The maximum atomic E-state index is 11.0. The topological polar surface area (TPSA) is 93.1 Å². The van der Waals surface area contributed by atoms with Crippen molar-refractivity contribution in [3.05, 3.63) is 59.7 Å². The van der Waals surface area contributed by atoms with Crippen LogP contribution < -0.4 is 9.31 Å². The van der Waals surface area contributed by atoms with Crippen LogP contribution in [-0.2, 0) is 9.59 Å². The molecule has 7 heteroatoms. The van der Waals surface area contributed by atoms with E-state index in [0.717, 1.165) is 7.69 Å². The fourth-order valence-corrected chi connectivity index (χ4v) is 2.13. The Morgan fingerprint density at radius 3 is 1.60 bits per heavy atom. The zero-order valence-corrected chi connectivity index (χ0v) is 13.9. The molecular formula is C18H18BO6. The number of carbonyl (C=O) groups is 2. The quantitative estimate of drug-likeness (QED) is 0.717. The van der Waals surface area contributed by atoms with Crippen LogP contribution in [0.15, 0.2) is 48.5 Å². The first-order valence-electron chi connectivity index (χ1n) is 7.69. The minimum atomic E-state index is -0.915. The van der Waals surface area contributed by atoms with E-state index in [0.29, 0.717) is 22.6 Å². The Balaban J connectivity index is 1.97. The van der Waals surface area contributed by atoms with E-state index in [1.165, 1.54) is 0 Å². The van der Waals surface area contributed by atoms with Crippen LogP contribution in [0.3, 0.4) is 0 Å². The van der Waals surface area contributed by atoms with Gasteiger partial charge in [-0.25, -0.2) is 0 Å². The fraction of sp³-hybridized carbons (Fsp3) is 0.222. The second-order valence-electron chi connectivity index (χ2n) is 5.60. The van der Waals surface area contributed by atoms with Crippen LogP contribution in [0, 0.1) is 0 Å². The Kier molecular flexibility index (Phi) is 6.06. The molecule has 2 rings (SSSR count). The van der Waals surface area contributed by atoms with Crippen molar-refractivity contribution in [3.8, 4) is 11.5 Å². The standard InChI is InChI=1S/C18H18BO6/c1-11(17(20)21)13-5-3-7-15(9-13)24-19-25-16-8-4-6-14(10-16)12(2)18(22)23/h3-12H,1-2H3,(H,20,21)(H,22,23). The van der Waals surface area contributed by atoms with E-state index >= 15 is 0 Å². The van der Waals surface area contributed by atoms with Gasteiger partial charge in [0, 0.05) is 0 Å². The lowest BCUT2D eigenvalue weighted by Gasteiger charge is -2.11. The summed E-state index contributed by atoms with van der Waals surface area (Å²) in [5.74, 6) is -2.22. The summed E-state index contributed by atoms with van der Waals surface area (Å²) in [6, 6.07) is 13.4. The van der Waals surface area contributed by atoms with Gasteiger partial charge in [0.05, 0.1) is 11.8 Å². The van der Waals surface area contributed by atoms with Crippen LogP contribution in [-0.4, -0.2) is 29.8 Å². The van der Waals surface area contributed by atoms with E-state index < -0.39 is 23.8 Å². The van der Waals surface area contributed by atoms with Crippen molar-refractivity contribution in [2.75, 3.05) is 0 Å². The summed E-state index contributed by atoms with van der Waals surface area (Å²) in [4.78, 5) is 22.1. The highest BCUT2D eigenvalue weighted by Crippen LogP contribution is 2.22. The molecule has 0 aromatic heterocycles. The van der Waals surface area contributed by atoms with Gasteiger partial charge >= 0.3 is 19.6 Å². The Hall–Kier alpha value is -2.96. The summed E-state index contributed by atoms with van der Waals surface area (Å²) in [7, 11) is 1.12. The van der Waals surface area contributed by atoms with Gasteiger partial charge in [-0.2, -0.15) is 0 Å². The summed E-state index contributed by atoms with van der Waals surface area (Å²) in [5.41, 5.74) is 1.24. The van der Waals surface area contributed by atoms with Gasteiger partial charge in [-0.15, -0.1) is 0 Å². The van der Waals surface area contributed by atoms with Gasteiger partial charge in [0.1, 0.15) is 11.5 Å². The molecule has 0 heterocycles. The number of rotatable bonds is 8. The fourth-order valence-electron chi connectivity index (χ4n) is 2.13. The van der Waals surface area contributed by atoms with Gasteiger partial charge in [-0.3, -0.25) is 9.59 Å². The Morgan fingerprint density at radius 2 is 1.24 bits per heavy atom. The van der Waals surface area contributed by atoms with E-state index in [-0.39, 0.29) is 0 Å². The molecule has 2 aromatic rings. The summed E-state index contributed by atoms with van der Waals surface area (Å²) in [5, 5.41) is 18.1. The van der Waals surface area contributed by atoms with Crippen LogP contribution in [0.25, 0.3) is 0 Å². The van der Waals surface area contributed by atoms with E-state index in [9.17, 15) is 9.59 Å². The van der Waals surface area contributed by atoms with Crippen LogP contribution in [0.5, 0.6) is 11.5 Å². The Morgan fingerprint density at radius 1 is 0.840 bits per heavy atom. The molecule has 0 amide bonds. The lowest BCUT2D eigenvalue weighted by Crippen LogP contribution is -2.13. The first-order chi connectivity index (χ1) is 11.9. The highest BCUT2D eigenvalue weighted by molar-refractivity contribution is 6.20. The molecule has 2 N–H and O–H groups in total. The first kappa shape index (κ1) is 18.4. The van der Waals surface area contributed by atoms with Crippen molar-refractivity contribution in [1.82, 2.24) is 0 Å². The molecular weight excluding hydrogens is 323 g/mol. The number of carboxylic acid groups (broad SMARTS) is 2. The van der Waals surface area contributed by atoms with Gasteiger partial charge in [0.2, 0.25) is 0 Å². The molecule has 2 unspecified atom stereocenters. The van der Waals surface area contributed by atoms with E-state index in [1.54, 1.807) is 62.4 Å². The van der Waals surface area contributed by atoms with Crippen molar-refractivity contribution in [2.45, 2.75) is 25.7 Å². The minimum absolute atomic E-state index is 0.445. The van der Waals surface area contributed by atoms with Crippen molar-refractivity contribution in [1.29, 1.82) is 0 Å². The number of aliphatic carboxylic acids is 2. The van der Waals surface area contributed by atoms with Gasteiger partial charge in [-0.05, 0) is 49.2 Å². The highest BCUT2D eigenvalue weighted by Gasteiger charge is 2.15.